The van der Waals surface area contributed by atoms with E-state index in [9.17, 15) is 9.59 Å². The van der Waals surface area contributed by atoms with E-state index >= 15 is 0 Å². The minimum atomic E-state index is -0.111. The van der Waals surface area contributed by atoms with Crippen molar-refractivity contribution in [2.24, 2.45) is 7.05 Å². The molecule has 0 unspecified atom stereocenters. The summed E-state index contributed by atoms with van der Waals surface area (Å²) in [5.74, 6) is 1.12. The van der Waals surface area contributed by atoms with Crippen molar-refractivity contribution in [3.05, 3.63) is 70.3 Å². The molecule has 154 valence electrons. The van der Waals surface area contributed by atoms with Crippen LogP contribution in [0.3, 0.4) is 0 Å². The first-order valence-corrected chi connectivity index (χ1v) is 10.0. The number of aromatic nitrogens is 4. The average Bonchev–Trinajstić information content (AvgIpc) is 3.21. The van der Waals surface area contributed by atoms with Gasteiger partial charge in [-0.05, 0) is 38.1 Å². The van der Waals surface area contributed by atoms with Gasteiger partial charge in [0.25, 0.3) is 11.5 Å². The van der Waals surface area contributed by atoms with Gasteiger partial charge in [-0.2, -0.15) is 0 Å². The van der Waals surface area contributed by atoms with Gasteiger partial charge in [0.05, 0.1) is 23.0 Å². The molecule has 0 aliphatic rings. The first-order chi connectivity index (χ1) is 14.6. The molecular weight excluding hydrogens is 380 g/mol. The Bertz CT molecular complexity index is 1290. The highest BCUT2D eigenvalue weighted by Gasteiger charge is 2.18. The molecule has 0 bridgehead atoms. The van der Waals surface area contributed by atoms with E-state index in [0.717, 1.165) is 11.2 Å². The molecule has 0 atom stereocenters. The largest absolute Gasteiger partial charge is 0.377 e. The normalized spacial score (nSPS) is 11.2. The predicted molar refractivity (Wildman–Crippen MR) is 117 cm³/mol. The summed E-state index contributed by atoms with van der Waals surface area (Å²) >= 11 is 0. The summed E-state index contributed by atoms with van der Waals surface area (Å²) in [6, 6.07) is 14.9. The highest BCUT2D eigenvalue weighted by atomic mass is 16.2. The molecule has 0 radical (unpaired) electrons. The maximum absolute atomic E-state index is 12.9. The fraction of sp³-hybridized carbons (Fsp3) is 0.273. The van der Waals surface area contributed by atoms with Crippen LogP contribution >= 0.6 is 0 Å². The van der Waals surface area contributed by atoms with Crippen LogP contribution in [0, 0.1) is 0 Å². The van der Waals surface area contributed by atoms with Crippen molar-refractivity contribution in [2.75, 3.05) is 18.4 Å². The van der Waals surface area contributed by atoms with Crippen LogP contribution in [0.15, 0.2) is 53.3 Å². The molecule has 4 aromatic rings. The number of para-hydroxylation sites is 2. The number of carbonyl (C=O) groups excluding carboxylic acids is 1. The first-order valence-electron chi connectivity index (χ1n) is 10.0. The van der Waals surface area contributed by atoms with Gasteiger partial charge in [-0.15, -0.1) is 10.2 Å². The van der Waals surface area contributed by atoms with Crippen molar-refractivity contribution in [1.82, 2.24) is 24.1 Å². The molecular formula is C22H24N6O2. The van der Waals surface area contributed by atoms with Crippen molar-refractivity contribution in [3.63, 3.8) is 0 Å². The molecule has 8 nitrogen and oxygen atoms in total. The number of hydrogen-bond acceptors (Lipinski definition) is 5. The fourth-order valence-corrected chi connectivity index (χ4v) is 3.69. The monoisotopic (exact) mass is 404 g/mol. The summed E-state index contributed by atoms with van der Waals surface area (Å²) < 4.78 is 3.37. The van der Waals surface area contributed by atoms with Gasteiger partial charge in [-0.1, -0.05) is 24.3 Å². The maximum Gasteiger partial charge on any atom is 0.262 e. The van der Waals surface area contributed by atoms with E-state index < -0.39 is 0 Å². The van der Waals surface area contributed by atoms with E-state index in [2.05, 4.69) is 15.5 Å². The molecule has 0 spiro atoms. The third-order valence-electron chi connectivity index (χ3n) is 5.34. The van der Waals surface area contributed by atoms with Gasteiger partial charge >= 0.3 is 0 Å². The Kier molecular flexibility index (Phi) is 5.22. The smallest absolute Gasteiger partial charge is 0.262 e. The van der Waals surface area contributed by atoms with Gasteiger partial charge in [-0.3, -0.25) is 18.6 Å². The summed E-state index contributed by atoms with van der Waals surface area (Å²) in [7, 11) is 1.69. The molecule has 4 rings (SSSR count). The number of nitrogens with zero attached hydrogens (tertiary/aromatic N) is 5. The van der Waals surface area contributed by atoms with Crippen molar-refractivity contribution in [1.29, 1.82) is 0 Å². The number of amides is 1. The number of rotatable bonds is 6. The standard InChI is InChI=1S/C22H24N6O2/c1-4-27(5-2)21(30)15-10-6-8-12-17(15)23-14-19-24-25-22-26(3)20(29)16-11-7-9-13-18(16)28(19)22/h6-13,23H,4-5,14H2,1-3H3. The third kappa shape index (κ3) is 3.20. The van der Waals surface area contributed by atoms with Crippen molar-refractivity contribution < 1.29 is 4.79 Å². The lowest BCUT2D eigenvalue weighted by molar-refractivity contribution is 0.0774. The lowest BCUT2D eigenvalue weighted by atomic mass is 10.1. The predicted octanol–water partition coefficient (Wildman–Crippen LogP) is 2.68. The van der Waals surface area contributed by atoms with Gasteiger partial charge < -0.3 is 10.2 Å². The zero-order valence-electron chi connectivity index (χ0n) is 17.3. The topological polar surface area (TPSA) is 84.5 Å². The quantitative estimate of drug-likeness (QED) is 0.534. The van der Waals surface area contributed by atoms with E-state index in [-0.39, 0.29) is 11.5 Å². The molecule has 1 amide bonds. The Morgan fingerprint density at radius 3 is 2.50 bits per heavy atom. The number of nitrogens with one attached hydrogen (secondary N) is 1. The second-order valence-electron chi connectivity index (χ2n) is 7.01. The van der Waals surface area contributed by atoms with E-state index in [0.29, 0.717) is 42.2 Å². The number of aryl methyl sites for hydroxylation is 1. The molecule has 2 aromatic heterocycles. The number of fused-ring (bicyclic) bond motifs is 3. The number of carbonyl (C=O) groups is 1. The van der Waals surface area contributed by atoms with E-state index in [1.807, 2.05) is 60.7 Å². The summed E-state index contributed by atoms with van der Waals surface area (Å²) in [6.45, 7) is 5.59. The Hall–Kier alpha value is -3.68. The number of benzene rings is 2. The maximum atomic E-state index is 12.9. The highest BCUT2D eigenvalue weighted by Crippen LogP contribution is 2.19. The van der Waals surface area contributed by atoms with Gasteiger partial charge in [0.15, 0.2) is 5.82 Å². The van der Waals surface area contributed by atoms with Gasteiger partial charge in [0.2, 0.25) is 5.78 Å². The van der Waals surface area contributed by atoms with Gasteiger partial charge in [0, 0.05) is 25.8 Å². The Balaban J connectivity index is 1.73. The molecule has 0 saturated carbocycles. The van der Waals surface area contributed by atoms with Gasteiger partial charge in [0.1, 0.15) is 0 Å². The lowest BCUT2D eigenvalue weighted by Crippen LogP contribution is -2.31. The van der Waals surface area contributed by atoms with Crippen LogP contribution in [0.25, 0.3) is 16.7 Å². The van der Waals surface area contributed by atoms with Gasteiger partial charge in [-0.25, -0.2) is 0 Å². The highest BCUT2D eigenvalue weighted by molar-refractivity contribution is 5.99. The van der Waals surface area contributed by atoms with E-state index in [1.54, 1.807) is 18.0 Å². The molecule has 0 fully saturated rings. The number of hydrogen-bond donors (Lipinski definition) is 1. The van der Waals surface area contributed by atoms with Crippen molar-refractivity contribution in [2.45, 2.75) is 20.4 Å². The van der Waals surface area contributed by atoms with Crippen LogP contribution in [-0.4, -0.2) is 43.1 Å². The zero-order valence-corrected chi connectivity index (χ0v) is 17.3. The molecule has 2 heterocycles. The summed E-state index contributed by atoms with van der Waals surface area (Å²) in [4.78, 5) is 27.3. The Labute approximate surface area is 173 Å². The third-order valence-corrected chi connectivity index (χ3v) is 5.34. The van der Waals surface area contributed by atoms with Crippen LogP contribution in [0.1, 0.15) is 30.0 Å². The molecule has 2 aromatic carbocycles. The van der Waals surface area contributed by atoms with E-state index in [1.165, 1.54) is 4.57 Å². The first kappa shape index (κ1) is 19.6. The molecule has 0 saturated heterocycles. The molecule has 8 heteroatoms. The molecule has 1 N–H and O–H groups in total. The molecule has 0 aliphatic carbocycles. The summed E-state index contributed by atoms with van der Waals surface area (Å²) in [5.41, 5.74) is 2.00. The SMILES string of the molecule is CCN(CC)C(=O)c1ccccc1NCc1nnc2n(C)c(=O)c3ccccc3n12. The Morgan fingerprint density at radius 2 is 1.73 bits per heavy atom. The van der Waals surface area contributed by atoms with Crippen LogP contribution in [-0.2, 0) is 13.6 Å². The second kappa shape index (κ2) is 7.98. The van der Waals surface area contributed by atoms with Crippen LogP contribution in [0.2, 0.25) is 0 Å². The Morgan fingerprint density at radius 1 is 1.03 bits per heavy atom. The molecule has 30 heavy (non-hydrogen) atoms. The lowest BCUT2D eigenvalue weighted by Gasteiger charge is -2.20. The van der Waals surface area contributed by atoms with Crippen LogP contribution in [0.4, 0.5) is 5.69 Å². The zero-order chi connectivity index (χ0) is 21.3. The minimum Gasteiger partial charge on any atom is -0.377 e. The fourth-order valence-electron chi connectivity index (χ4n) is 3.69. The van der Waals surface area contributed by atoms with Crippen molar-refractivity contribution >= 4 is 28.3 Å². The second-order valence-corrected chi connectivity index (χ2v) is 7.01. The summed E-state index contributed by atoms with van der Waals surface area (Å²) in [6.07, 6.45) is 0. The average molecular weight is 404 g/mol. The van der Waals surface area contributed by atoms with Crippen molar-refractivity contribution in [3.8, 4) is 0 Å². The number of anilines is 1. The molecule has 0 aliphatic heterocycles. The van der Waals surface area contributed by atoms with E-state index in [4.69, 9.17) is 0 Å². The summed E-state index contributed by atoms with van der Waals surface area (Å²) in [5, 5.41) is 12.4. The van der Waals surface area contributed by atoms with Crippen LogP contribution in [0.5, 0.6) is 0 Å². The minimum absolute atomic E-state index is 0.0120. The van der Waals surface area contributed by atoms with Crippen LogP contribution < -0.4 is 10.9 Å².